The topological polar surface area (TPSA) is 38.9 Å². The predicted molar refractivity (Wildman–Crippen MR) is 77.3 cm³/mol. The Balaban J connectivity index is 0.00000161. The summed E-state index contributed by atoms with van der Waals surface area (Å²) >= 11 is 1.17. The molecule has 108 valence electrons. The van der Waals surface area contributed by atoms with E-state index in [1.165, 1.54) is 11.7 Å². The number of halogens is 1. The van der Waals surface area contributed by atoms with Gasteiger partial charge in [0.25, 0.3) is 5.88 Å². The summed E-state index contributed by atoms with van der Waals surface area (Å²) < 4.78 is 16.3. The fraction of sp³-hybridized carbons (Fsp3) is 0.133. The summed E-state index contributed by atoms with van der Waals surface area (Å²) in [5.41, 5.74) is 2.92. The van der Waals surface area contributed by atoms with Gasteiger partial charge in [-0.05, 0) is 11.6 Å². The van der Waals surface area contributed by atoms with Crippen LogP contribution in [0.2, 0.25) is 0 Å². The highest BCUT2D eigenvalue weighted by molar-refractivity contribution is 6.99. The number of ether oxygens (including phenoxy) is 1. The number of aryl methyl sites for hydroxylation is 1. The fourth-order valence-corrected chi connectivity index (χ4v) is 2.42. The van der Waals surface area contributed by atoms with Crippen molar-refractivity contribution in [2.24, 2.45) is 7.05 Å². The molecule has 0 bridgehead atoms. The van der Waals surface area contributed by atoms with Crippen molar-refractivity contribution in [3.05, 3.63) is 60.4 Å². The van der Waals surface area contributed by atoms with E-state index in [2.05, 4.69) is 8.75 Å². The quantitative estimate of drug-likeness (QED) is 0.434. The largest absolute Gasteiger partial charge is 1.00 e. The van der Waals surface area contributed by atoms with Gasteiger partial charge in [-0.1, -0.05) is 30.3 Å². The average molecular weight is 411 g/mol. The zero-order valence-corrected chi connectivity index (χ0v) is 14.4. The SMILES string of the molecule is C[n+]1cccc(-c2nsnc2OCc2ccccc2)c1.[I-]. The zero-order valence-electron chi connectivity index (χ0n) is 11.4. The van der Waals surface area contributed by atoms with E-state index in [1.807, 2.05) is 66.5 Å². The van der Waals surface area contributed by atoms with Gasteiger partial charge in [-0.15, -0.1) is 4.37 Å². The number of benzene rings is 1. The number of rotatable bonds is 4. The van der Waals surface area contributed by atoms with Crippen LogP contribution in [-0.4, -0.2) is 8.75 Å². The van der Waals surface area contributed by atoms with Crippen molar-refractivity contribution >= 4 is 11.7 Å². The van der Waals surface area contributed by atoms with E-state index in [1.54, 1.807) is 0 Å². The van der Waals surface area contributed by atoms with E-state index < -0.39 is 0 Å². The van der Waals surface area contributed by atoms with E-state index in [4.69, 9.17) is 4.74 Å². The fourth-order valence-electron chi connectivity index (χ4n) is 1.91. The van der Waals surface area contributed by atoms with E-state index in [0.29, 0.717) is 12.5 Å². The van der Waals surface area contributed by atoms with Crippen LogP contribution in [0.4, 0.5) is 0 Å². The van der Waals surface area contributed by atoms with Crippen LogP contribution < -0.4 is 33.3 Å². The van der Waals surface area contributed by atoms with Crippen molar-refractivity contribution in [3.8, 4) is 17.1 Å². The number of aromatic nitrogens is 3. The first-order chi connectivity index (χ1) is 9.83. The number of hydrogen-bond acceptors (Lipinski definition) is 4. The maximum atomic E-state index is 5.79. The maximum Gasteiger partial charge on any atom is 0.254 e. The van der Waals surface area contributed by atoms with Crippen molar-refractivity contribution in [3.63, 3.8) is 0 Å². The molecular weight excluding hydrogens is 397 g/mol. The third kappa shape index (κ3) is 3.98. The molecule has 21 heavy (non-hydrogen) atoms. The molecule has 3 aromatic rings. The van der Waals surface area contributed by atoms with Crippen molar-refractivity contribution in [2.45, 2.75) is 6.61 Å². The van der Waals surface area contributed by atoms with Crippen LogP contribution in [0.25, 0.3) is 11.3 Å². The second kappa shape index (κ2) is 7.46. The smallest absolute Gasteiger partial charge is 0.254 e. The molecule has 0 aliphatic heterocycles. The highest BCUT2D eigenvalue weighted by atomic mass is 127. The Morgan fingerprint density at radius 3 is 2.67 bits per heavy atom. The lowest BCUT2D eigenvalue weighted by molar-refractivity contribution is -0.671. The third-order valence-electron chi connectivity index (χ3n) is 2.89. The van der Waals surface area contributed by atoms with E-state index in [0.717, 1.165) is 16.8 Å². The summed E-state index contributed by atoms with van der Waals surface area (Å²) in [5, 5.41) is 0. The summed E-state index contributed by atoms with van der Waals surface area (Å²) in [6.07, 6.45) is 3.99. The lowest BCUT2D eigenvalue weighted by atomic mass is 10.2. The Hall–Kier alpha value is -1.54. The molecule has 2 heterocycles. The maximum absolute atomic E-state index is 5.79. The van der Waals surface area contributed by atoms with Crippen LogP contribution in [0.15, 0.2) is 54.9 Å². The molecule has 6 heteroatoms. The molecule has 4 nitrogen and oxygen atoms in total. The molecule has 0 aliphatic carbocycles. The van der Waals surface area contributed by atoms with Gasteiger partial charge in [0.05, 0.1) is 17.3 Å². The van der Waals surface area contributed by atoms with Crippen molar-refractivity contribution in [1.29, 1.82) is 0 Å². The molecule has 1 aromatic carbocycles. The monoisotopic (exact) mass is 411 g/mol. The number of hydrogen-bond donors (Lipinski definition) is 0. The third-order valence-corrected chi connectivity index (χ3v) is 3.40. The minimum absolute atomic E-state index is 0. The Kier molecular flexibility index (Phi) is 5.63. The minimum atomic E-state index is 0. The molecule has 0 amide bonds. The van der Waals surface area contributed by atoms with Crippen LogP contribution >= 0.6 is 11.7 Å². The van der Waals surface area contributed by atoms with E-state index in [9.17, 15) is 0 Å². The molecular formula is C15H14IN3OS. The van der Waals surface area contributed by atoms with Crippen LogP contribution in [0.1, 0.15) is 5.56 Å². The van der Waals surface area contributed by atoms with Gasteiger partial charge in [0.15, 0.2) is 18.1 Å². The lowest BCUT2D eigenvalue weighted by Crippen LogP contribution is -3.00. The number of nitrogens with zero attached hydrogens (tertiary/aromatic N) is 3. The van der Waals surface area contributed by atoms with Crippen molar-refractivity contribution in [1.82, 2.24) is 8.75 Å². The highest BCUT2D eigenvalue weighted by Crippen LogP contribution is 2.27. The van der Waals surface area contributed by atoms with Gasteiger partial charge in [0, 0.05) is 6.07 Å². The Morgan fingerprint density at radius 1 is 1.10 bits per heavy atom. The second-order valence-corrected chi connectivity index (χ2v) is 4.98. The van der Waals surface area contributed by atoms with Crippen LogP contribution in [0.5, 0.6) is 5.88 Å². The summed E-state index contributed by atoms with van der Waals surface area (Å²) in [4.78, 5) is 0. The van der Waals surface area contributed by atoms with Gasteiger partial charge in [0.2, 0.25) is 0 Å². The summed E-state index contributed by atoms with van der Waals surface area (Å²) in [6, 6.07) is 14.0. The Labute approximate surface area is 144 Å². The summed E-state index contributed by atoms with van der Waals surface area (Å²) in [7, 11) is 1.98. The molecule has 2 aromatic heterocycles. The zero-order chi connectivity index (χ0) is 13.8. The second-order valence-electron chi connectivity index (χ2n) is 4.45. The van der Waals surface area contributed by atoms with Crippen LogP contribution in [0.3, 0.4) is 0 Å². The number of pyridine rings is 1. The van der Waals surface area contributed by atoms with Crippen LogP contribution in [-0.2, 0) is 13.7 Å². The molecule has 0 fully saturated rings. The first kappa shape index (κ1) is 15.8. The van der Waals surface area contributed by atoms with Gasteiger partial charge >= 0.3 is 0 Å². The summed E-state index contributed by atoms with van der Waals surface area (Å²) in [6.45, 7) is 0.498. The first-order valence-electron chi connectivity index (χ1n) is 6.28. The average Bonchev–Trinajstić information content (AvgIpc) is 2.95. The first-order valence-corrected chi connectivity index (χ1v) is 7.01. The molecule has 0 atom stereocenters. The lowest BCUT2D eigenvalue weighted by Gasteiger charge is -2.04. The van der Waals surface area contributed by atoms with Crippen LogP contribution in [0, 0.1) is 0 Å². The van der Waals surface area contributed by atoms with Gasteiger partial charge in [-0.25, -0.2) is 4.57 Å². The molecule has 3 rings (SSSR count). The molecule has 0 saturated heterocycles. The molecule has 0 aliphatic rings. The van der Waals surface area contributed by atoms with Gasteiger partial charge in [-0.3, -0.25) is 0 Å². The molecule has 0 saturated carbocycles. The molecule has 0 N–H and O–H groups in total. The minimum Gasteiger partial charge on any atom is -1.00 e. The van der Waals surface area contributed by atoms with E-state index in [-0.39, 0.29) is 24.0 Å². The Morgan fingerprint density at radius 2 is 1.90 bits per heavy atom. The predicted octanol–water partition coefficient (Wildman–Crippen LogP) is -0.387. The molecule has 0 unspecified atom stereocenters. The van der Waals surface area contributed by atoms with Gasteiger partial charge < -0.3 is 28.7 Å². The highest BCUT2D eigenvalue weighted by Gasteiger charge is 2.14. The van der Waals surface area contributed by atoms with E-state index >= 15 is 0 Å². The molecule has 0 spiro atoms. The molecule has 0 radical (unpaired) electrons. The normalized spacial score (nSPS) is 9.95. The van der Waals surface area contributed by atoms with Crippen molar-refractivity contribution in [2.75, 3.05) is 0 Å². The Bertz CT molecular complexity index is 703. The van der Waals surface area contributed by atoms with Gasteiger partial charge in [0.1, 0.15) is 13.7 Å². The van der Waals surface area contributed by atoms with Gasteiger partial charge in [-0.2, -0.15) is 4.37 Å². The standard InChI is InChI=1S/C15H14N3OS.HI/c1-18-9-5-8-13(10-18)14-15(17-20-16-14)19-11-12-6-3-2-4-7-12;/h2-10H,11H2,1H3;1H/q+1;/p-1. The van der Waals surface area contributed by atoms with Crippen molar-refractivity contribution < 1.29 is 33.3 Å². The summed E-state index contributed by atoms with van der Waals surface area (Å²) in [5.74, 6) is 0.588.